The molecule has 0 radical (unpaired) electrons. The van der Waals surface area contributed by atoms with Crippen molar-refractivity contribution >= 4 is 49.9 Å². The molecule has 136 valence electrons. The molecule has 1 fully saturated rings. The Balaban J connectivity index is 1.41. The second kappa shape index (κ2) is 7.73. The van der Waals surface area contributed by atoms with Crippen LogP contribution < -0.4 is 4.90 Å². The molecule has 0 atom stereocenters. The molecule has 1 aliphatic heterocycles. The Labute approximate surface area is 168 Å². The number of halogens is 2. The monoisotopic (exact) mass is 405 g/mol. The van der Waals surface area contributed by atoms with Gasteiger partial charge in [0.15, 0.2) is 5.13 Å². The van der Waals surface area contributed by atoms with Crippen molar-refractivity contribution in [2.75, 3.05) is 31.1 Å². The number of alkyl halides is 1. The molecule has 1 aliphatic rings. The standard InChI is InChI=1S/C20H21Cl2N3S/c1-14-8-15(12-21)10-16(9-14)13-24-4-6-25(7-5-24)20-23-18-3-2-17(22)11-19(18)26-20/h2-3,8-11H,4-7,12-13H2,1H3. The highest BCUT2D eigenvalue weighted by molar-refractivity contribution is 7.22. The van der Waals surface area contributed by atoms with Crippen LogP contribution in [0.5, 0.6) is 0 Å². The number of hydrogen-bond acceptors (Lipinski definition) is 4. The Hall–Kier alpha value is -1.33. The maximum atomic E-state index is 6.09. The Morgan fingerprint density at radius 1 is 1.04 bits per heavy atom. The summed E-state index contributed by atoms with van der Waals surface area (Å²) >= 11 is 13.8. The van der Waals surface area contributed by atoms with Gasteiger partial charge in [-0.2, -0.15) is 0 Å². The van der Waals surface area contributed by atoms with Crippen LogP contribution in [0.2, 0.25) is 5.02 Å². The number of nitrogens with zero attached hydrogens (tertiary/aromatic N) is 3. The zero-order valence-corrected chi connectivity index (χ0v) is 17.0. The number of benzene rings is 2. The van der Waals surface area contributed by atoms with Crippen molar-refractivity contribution < 1.29 is 0 Å². The van der Waals surface area contributed by atoms with Crippen LogP contribution in [-0.2, 0) is 12.4 Å². The van der Waals surface area contributed by atoms with Gasteiger partial charge in [-0.05, 0) is 36.2 Å². The highest BCUT2D eigenvalue weighted by Gasteiger charge is 2.20. The Morgan fingerprint density at radius 3 is 2.58 bits per heavy atom. The van der Waals surface area contributed by atoms with E-state index in [-0.39, 0.29) is 0 Å². The highest BCUT2D eigenvalue weighted by atomic mass is 35.5. The van der Waals surface area contributed by atoms with E-state index in [1.165, 1.54) is 16.7 Å². The molecule has 3 nitrogen and oxygen atoms in total. The molecule has 2 aromatic carbocycles. The van der Waals surface area contributed by atoms with Crippen molar-refractivity contribution in [3.8, 4) is 0 Å². The fourth-order valence-electron chi connectivity index (χ4n) is 3.49. The second-order valence-corrected chi connectivity index (χ2v) is 8.54. The average molecular weight is 406 g/mol. The molecule has 0 bridgehead atoms. The normalized spacial score (nSPS) is 15.7. The van der Waals surface area contributed by atoms with Gasteiger partial charge in [0.05, 0.1) is 10.2 Å². The van der Waals surface area contributed by atoms with Crippen LogP contribution in [0.1, 0.15) is 16.7 Å². The van der Waals surface area contributed by atoms with Gasteiger partial charge in [0.1, 0.15) is 0 Å². The topological polar surface area (TPSA) is 19.4 Å². The number of rotatable bonds is 4. The van der Waals surface area contributed by atoms with Crippen molar-refractivity contribution in [3.05, 3.63) is 58.1 Å². The minimum Gasteiger partial charge on any atom is -0.345 e. The van der Waals surface area contributed by atoms with Crippen LogP contribution in [0.3, 0.4) is 0 Å². The summed E-state index contributed by atoms with van der Waals surface area (Å²) in [6, 6.07) is 12.6. The third-order valence-electron chi connectivity index (χ3n) is 4.74. The first kappa shape index (κ1) is 18.1. The Morgan fingerprint density at radius 2 is 1.81 bits per heavy atom. The summed E-state index contributed by atoms with van der Waals surface area (Å²) in [6.07, 6.45) is 0. The van der Waals surface area contributed by atoms with E-state index in [1.807, 2.05) is 18.2 Å². The summed E-state index contributed by atoms with van der Waals surface area (Å²) in [7, 11) is 0. The summed E-state index contributed by atoms with van der Waals surface area (Å²) in [6.45, 7) is 7.21. The van der Waals surface area contributed by atoms with Gasteiger partial charge < -0.3 is 4.90 Å². The summed E-state index contributed by atoms with van der Waals surface area (Å²) in [5.41, 5.74) is 4.87. The smallest absolute Gasteiger partial charge is 0.186 e. The maximum absolute atomic E-state index is 6.09. The van der Waals surface area contributed by atoms with E-state index in [0.29, 0.717) is 5.88 Å². The van der Waals surface area contributed by atoms with E-state index in [2.05, 4.69) is 34.9 Å². The van der Waals surface area contributed by atoms with Crippen LogP contribution in [0.4, 0.5) is 5.13 Å². The lowest BCUT2D eigenvalue weighted by Gasteiger charge is -2.34. The van der Waals surface area contributed by atoms with Crippen molar-refractivity contribution in [1.29, 1.82) is 0 Å². The molecule has 26 heavy (non-hydrogen) atoms. The van der Waals surface area contributed by atoms with Gasteiger partial charge >= 0.3 is 0 Å². The minimum atomic E-state index is 0.573. The fourth-order valence-corrected chi connectivity index (χ4v) is 4.94. The highest BCUT2D eigenvalue weighted by Crippen LogP contribution is 2.31. The molecule has 0 spiro atoms. The summed E-state index contributed by atoms with van der Waals surface area (Å²) in [5.74, 6) is 0.573. The maximum Gasteiger partial charge on any atom is 0.186 e. The van der Waals surface area contributed by atoms with E-state index < -0.39 is 0 Å². The van der Waals surface area contributed by atoms with Gasteiger partial charge in [-0.15, -0.1) is 11.6 Å². The molecule has 3 aromatic rings. The number of aromatic nitrogens is 1. The van der Waals surface area contributed by atoms with Crippen molar-refractivity contribution in [2.45, 2.75) is 19.3 Å². The first-order chi connectivity index (χ1) is 12.6. The zero-order chi connectivity index (χ0) is 18.1. The van der Waals surface area contributed by atoms with E-state index in [0.717, 1.165) is 53.1 Å². The predicted octanol–water partition coefficient (Wildman–Crippen LogP) is 5.32. The molecule has 4 rings (SSSR count). The molecule has 1 saturated heterocycles. The van der Waals surface area contributed by atoms with Gasteiger partial charge in [-0.3, -0.25) is 4.90 Å². The van der Waals surface area contributed by atoms with Crippen molar-refractivity contribution in [1.82, 2.24) is 9.88 Å². The lowest BCUT2D eigenvalue weighted by Crippen LogP contribution is -2.45. The second-order valence-electron chi connectivity index (χ2n) is 6.83. The van der Waals surface area contributed by atoms with Crippen LogP contribution in [-0.4, -0.2) is 36.1 Å². The van der Waals surface area contributed by atoms with E-state index in [9.17, 15) is 0 Å². The first-order valence-corrected chi connectivity index (χ1v) is 10.5. The number of thiazole rings is 1. The Bertz CT molecular complexity index is 917. The number of fused-ring (bicyclic) bond motifs is 1. The number of aryl methyl sites for hydroxylation is 1. The van der Waals surface area contributed by atoms with Crippen LogP contribution in [0.15, 0.2) is 36.4 Å². The SMILES string of the molecule is Cc1cc(CCl)cc(CN2CCN(c3nc4ccc(Cl)cc4s3)CC2)c1. The minimum absolute atomic E-state index is 0.573. The van der Waals surface area contributed by atoms with E-state index in [4.69, 9.17) is 28.2 Å². The van der Waals surface area contributed by atoms with E-state index in [1.54, 1.807) is 11.3 Å². The molecule has 0 amide bonds. The molecule has 0 saturated carbocycles. The lowest BCUT2D eigenvalue weighted by molar-refractivity contribution is 0.250. The van der Waals surface area contributed by atoms with Gasteiger partial charge in [0.25, 0.3) is 0 Å². The van der Waals surface area contributed by atoms with E-state index >= 15 is 0 Å². The zero-order valence-electron chi connectivity index (χ0n) is 14.7. The third kappa shape index (κ3) is 3.99. The molecule has 0 aliphatic carbocycles. The fraction of sp³-hybridized carbons (Fsp3) is 0.350. The van der Waals surface area contributed by atoms with Crippen LogP contribution in [0, 0.1) is 6.92 Å². The summed E-state index contributed by atoms with van der Waals surface area (Å²) in [4.78, 5) is 9.67. The molecule has 0 N–H and O–H groups in total. The summed E-state index contributed by atoms with van der Waals surface area (Å²) in [5, 5.41) is 1.87. The lowest BCUT2D eigenvalue weighted by atomic mass is 10.1. The van der Waals surface area contributed by atoms with Crippen LogP contribution >= 0.6 is 34.5 Å². The first-order valence-electron chi connectivity index (χ1n) is 8.79. The van der Waals surface area contributed by atoms with Gasteiger partial charge in [0, 0.05) is 43.6 Å². The van der Waals surface area contributed by atoms with Gasteiger partial charge in [0.2, 0.25) is 0 Å². The third-order valence-corrected chi connectivity index (χ3v) is 6.36. The largest absolute Gasteiger partial charge is 0.345 e. The quantitative estimate of drug-likeness (QED) is 0.547. The molecular weight excluding hydrogens is 385 g/mol. The molecular formula is C20H21Cl2N3S. The number of hydrogen-bond donors (Lipinski definition) is 0. The van der Waals surface area contributed by atoms with Crippen molar-refractivity contribution in [2.24, 2.45) is 0 Å². The molecule has 1 aromatic heterocycles. The number of anilines is 1. The van der Waals surface area contributed by atoms with Crippen molar-refractivity contribution in [3.63, 3.8) is 0 Å². The van der Waals surface area contributed by atoms with Gasteiger partial charge in [-0.1, -0.05) is 46.7 Å². The molecule has 6 heteroatoms. The molecule has 2 heterocycles. The summed E-state index contributed by atoms with van der Waals surface area (Å²) < 4.78 is 1.16. The van der Waals surface area contributed by atoms with Crippen LogP contribution in [0.25, 0.3) is 10.2 Å². The average Bonchev–Trinajstić information content (AvgIpc) is 3.05. The predicted molar refractivity (Wildman–Crippen MR) is 113 cm³/mol. The Kier molecular flexibility index (Phi) is 5.37. The molecule has 0 unspecified atom stereocenters. The number of piperazine rings is 1. The van der Waals surface area contributed by atoms with Gasteiger partial charge in [-0.25, -0.2) is 4.98 Å².